The summed E-state index contributed by atoms with van der Waals surface area (Å²) in [6, 6.07) is 21.5. The highest BCUT2D eigenvalue weighted by atomic mass is 16.5. The summed E-state index contributed by atoms with van der Waals surface area (Å²) >= 11 is 0. The van der Waals surface area contributed by atoms with E-state index in [0.717, 1.165) is 28.0 Å². The van der Waals surface area contributed by atoms with Crippen molar-refractivity contribution in [1.82, 2.24) is 14.7 Å². The lowest BCUT2D eigenvalue weighted by atomic mass is 10.0. The molecule has 16 nitrogen and oxygen atoms in total. The Bertz CT molecular complexity index is 2810. The van der Waals surface area contributed by atoms with Crippen LogP contribution in [0.4, 0.5) is 17.1 Å². The number of nitrogens with zero attached hydrogens (tertiary/aromatic N) is 5. The minimum atomic E-state index is -0.321. The summed E-state index contributed by atoms with van der Waals surface area (Å²) in [5.41, 5.74) is 6.23. The van der Waals surface area contributed by atoms with Gasteiger partial charge in [-0.05, 0) is 71.5 Å². The number of anilines is 1. The zero-order chi connectivity index (χ0) is 47.3. The molecule has 5 heterocycles. The first-order valence-electron chi connectivity index (χ1n) is 22.5. The zero-order valence-electron chi connectivity index (χ0n) is 37.9. The Labute approximate surface area is 393 Å². The van der Waals surface area contributed by atoms with Crippen LogP contribution >= 0.6 is 0 Å². The zero-order valence-corrected chi connectivity index (χ0v) is 37.9. The van der Waals surface area contributed by atoms with Gasteiger partial charge in [-0.15, -0.1) is 0 Å². The van der Waals surface area contributed by atoms with Crippen LogP contribution in [0.1, 0.15) is 76.8 Å². The molecule has 0 saturated carbocycles. The second kappa shape index (κ2) is 19.8. The van der Waals surface area contributed by atoms with Crippen LogP contribution in [0.15, 0.2) is 107 Å². The second-order valence-electron chi connectivity index (χ2n) is 16.8. The third-order valence-electron chi connectivity index (χ3n) is 12.4. The Morgan fingerprint density at radius 1 is 0.632 bits per heavy atom. The third-order valence-corrected chi connectivity index (χ3v) is 12.4. The average Bonchev–Trinajstić information content (AvgIpc) is 4.04. The summed E-state index contributed by atoms with van der Waals surface area (Å²) in [4.78, 5) is 78.1. The molecule has 9 rings (SSSR count). The standard InChI is InChI=1S/C52H50N6O10/c1-64-39-14-12-32(13-15-39)34-22-37-28-53-42-26-46(44(65-2)24-40(42)51(62)57(37)30-34)67-19-8-20-68-47-27-43-41(25-45(47)66-3)52(63)58-31-35(23-38(58)29-54-43)33-9-7-10-36(21-33)55-48(59)11-5-4-6-18-56-49(60)16-17-50(56)61/h7,9-10,12-17,21,24-31,37-38H,4-6,8,11,18-20,22-23H2,1-3H3,(H,55,59). The number of aliphatic imine (C=N–C) groups is 2. The highest BCUT2D eigenvalue weighted by Gasteiger charge is 2.35. The highest BCUT2D eigenvalue weighted by molar-refractivity contribution is 6.13. The molecule has 0 bridgehead atoms. The van der Waals surface area contributed by atoms with E-state index in [1.54, 1.807) is 53.6 Å². The molecule has 0 aromatic heterocycles. The van der Waals surface area contributed by atoms with Crippen molar-refractivity contribution >= 4 is 70.2 Å². The molecule has 1 N–H and O–H groups in total. The maximum atomic E-state index is 14.0. The van der Waals surface area contributed by atoms with Crippen LogP contribution < -0.4 is 29.0 Å². The van der Waals surface area contributed by atoms with E-state index in [0.29, 0.717) is 103 Å². The van der Waals surface area contributed by atoms with Crippen molar-refractivity contribution in [2.45, 2.75) is 57.0 Å². The van der Waals surface area contributed by atoms with Gasteiger partial charge >= 0.3 is 0 Å². The first-order valence-corrected chi connectivity index (χ1v) is 22.5. The molecule has 0 radical (unpaired) electrons. The van der Waals surface area contributed by atoms with Gasteiger partial charge in [0.05, 0.1) is 69.1 Å². The number of hydrogen-bond acceptors (Lipinski definition) is 12. The molecule has 68 heavy (non-hydrogen) atoms. The van der Waals surface area contributed by atoms with Crippen molar-refractivity contribution in [3.8, 4) is 28.7 Å². The van der Waals surface area contributed by atoms with E-state index < -0.39 is 0 Å². The van der Waals surface area contributed by atoms with Crippen molar-refractivity contribution in [2.24, 2.45) is 9.98 Å². The molecule has 348 valence electrons. The summed E-state index contributed by atoms with van der Waals surface area (Å²) in [7, 11) is 4.67. The molecule has 0 fully saturated rings. The van der Waals surface area contributed by atoms with Crippen molar-refractivity contribution in [3.63, 3.8) is 0 Å². The average molecular weight is 919 g/mol. The van der Waals surface area contributed by atoms with Gasteiger partial charge in [-0.1, -0.05) is 30.7 Å². The number of benzene rings is 4. The largest absolute Gasteiger partial charge is 0.497 e. The highest BCUT2D eigenvalue weighted by Crippen LogP contribution is 2.42. The molecule has 0 spiro atoms. The fourth-order valence-electron chi connectivity index (χ4n) is 8.77. The van der Waals surface area contributed by atoms with E-state index in [1.165, 1.54) is 31.3 Å². The summed E-state index contributed by atoms with van der Waals surface area (Å²) < 4.78 is 28.9. The predicted octanol–water partition coefficient (Wildman–Crippen LogP) is 7.93. The van der Waals surface area contributed by atoms with Gasteiger partial charge in [0, 0.05) is 87.0 Å². The number of unbranched alkanes of at least 4 members (excludes halogenated alkanes) is 2. The summed E-state index contributed by atoms with van der Waals surface area (Å²) in [5.74, 6) is 1.31. The molecule has 4 aromatic rings. The van der Waals surface area contributed by atoms with Crippen molar-refractivity contribution in [1.29, 1.82) is 0 Å². The molecule has 0 aliphatic carbocycles. The molecule has 2 atom stereocenters. The summed E-state index contributed by atoms with van der Waals surface area (Å²) in [6.45, 7) is 0.874. The van der Waals surface area contributed by atoms with Crippen molar-refractivity contribution in [2.75, 3.05) is 46.4 Å². The van der Waals surface area contributed by atoms with Gasteiger partial charge in [0.1, 0.15) is 5.75 Å². The summed E-state index contributed by atoms with van der Waals surface area (Å²) in [5, 5.41) is 2.96. The van der Waals surface area contributed by atoms with Crippen LogP contribution in [-0.2, 0) is 14.4 Å². The number of hydrogen-bond donors (Lipinski definition) is 1. The van der Waals surface area contributed by atoms with Gasteiger partial charge in [0.2, 0.25) is 5.91 Å². The Hall–Kier alpha value is -8.01. The van der Waals surface area contributed by atoms with Gasteiger partial charge in [-0.25, -0.2) is 0 Å². The Balaban J connectivity index is 0.778. The van der Waals surface area contributed by atoms with Crippen molar-refractivity contribution < 1.29 is 47.7 Å². The number of methoxy groups -OCH3 is 3. The number of carbonyl (C=O) groups excluding carboxylic acids is 5. The number of carbonyl (C=O) groups is 5. The number of amides is 5. The molecule has 16 heteroatoms. The minimum Gasteiger partial charge on any atom is -0.497 e. The number of rotatable bonds is 18. The quantitative estimate of drug-likeness (QED) is 0.0762. The number of fused-ring (bicyclic) bond motifs is 4. The smallest absolute Gasteiger partial charge is 0.260 e. The number of ether oxygens (including phenoxy) is 5. The fourth-order valence-corrected chi connectivity index (χ4v) is 8.77. The summed E-state index contributed by atoms with van der Waals surface area (Å²) in [6.07, 6.45) is 13.7. The van der Waals surface area contributed by atoms with E-state index in [2.05, 4.69) is 5.32 Å². The van der Waals surface area contributed by atoms with Crippen LogP contribution in [0.2, 0.25) is 0 Å². The van der Waals surface area contributed by atoms with E-state index in [4.69, 9.17) is 33.7 Å². The first-order chi connectivity index (χ1) is 33.1. The van der Waals surface area contributed by atoms with Crippen LogP contribution in [0.3, 0.4) is 0 Å². The lowest BCUT2D eigenvalue weighted by Gasteiger charge is -2.19. The minimum absolute atomic E-state index is 0.132. The SMILES string of the molecule is COc1ccc(C2=CN3C(=O)c4cc(OC)c(OCCCOc5cc6c(cc5OC)C(=O)N5C=C(c7cccc(NC(=O)CCCCCN8C(=O)C=CC8=O)c7)CC5C=N6)cc4N=CC3C2)cc1. The lowest BCUT2D eigenvalue weighted by molar-refractivity contribution is -0.136. The fraction of sp³-hybridized carbons (Fsp3) is 0.288. The maximum Gasteiger partial charge on any atom is 0.260 e. The van der Waals surface area contributed by atoms with Gasteiger partial charge < -0.3 is 38.8 Å². The number of imide groups is 1. The van der Waals surface area contributed by atoms with Crippen molar-refractivity contribution in [3.05, 3.63) is 120 Å². The van der Waals surface area contributed by atoms with Gasteiger partial charge in [0.25, 0.3) is 23.6 Å². The molecule has 0 saturated heterocycles. The van der Waals surface area contributed by atoms with Gasteiger partial charge in [-0.3, -0.25) is 38.9 Å². The van der Waals surface area contributed by atoms with Crippen LogP contribution in [-0.4, -0.2) is 110 Å². The molecule has 4 aromatic carbocycles. The Kier molecular flexibility index (Phi) is 13.2. The molecular formula is C52H50N6O10. The molecule has 5 aliphatic rings. The van der Waals surface area contributed by atoms with Gasteiger partial charge in [0.15, 0.2) is 23.0 Å². The molecule has 5 aliphatic heterocycles. The molecular weight excluding hydrogens is 869 g/mol. The molecule has 2 unspecified atom stereocenters. The lowest BCUT2D eigenvalue weighted by Crippen LogP contribution is -2.32. The topological polar surface area (TPSA) is 178 Å². The predicted molar refractivity (Wildman–Crippen MR) is 255 cm³/mol. The Morgan fingerprint density at radius 2 is 1.21 bits per heavy atom. The maximum absolute atomic E-state index is 14.0. The van der Waals surface area contributed by atoms with E-state index >= 15 is 0 Å². The monoisotopic (exact) mass is 918 g/mol. The number of nitrogens with one attached hydrogen (secondary N) is 1. The van der Waals surface area contributed by atoms with E-state index in [1.807, 2.05) is 60.9 Å². The van der Waals surface area contributed by atoms with E-state index in [-0.39, 0.29) is 54.8 Å². The first kappa shape index (κ1) is 45.2. The van der Waals surface area contributed by atoms with E-state index in [9.17, 15) is 24.0 Å². The van der Waals surface area contributed by atoms with Crippen LogP contribution in [0, 0.1) is 0 Å². The second-order valence-corrected chi connectivity index (χ2v) is 16.8. The normalized spacial score (nSPS) is 17.8. The van der Waals surface area contributed by atoms with Gasteiger partial charge in [-0.2, -0.15) is 0 Å². The van der Waals surface area contributed by atoms with Crippen LogP contribution in [0.5, 0.6) is 28.7 Å². The third kappa shape index (κ3) is 9.47. The Morgan fingerprint density at radius 3 is 1.76 bits per heavy atom. The van der Waals surface area contributed by atoms with Crippen LogP contribution in [0.25, 0.3) is 11.1 Å². The molecule has 5 amide bonds.